The van der Waals surface area contributed by atoms with Crippen LogP contribution in [0.25, 0.3) is 38.6 Å². The number of rotatable bonds is 5. The average Bonchev–Trinajstić information content (AvgIpc) is 3.39. The molecule has 0 bridgehead atoms. The molecule has 0 spiro atoms. The van der Waals surface area contributed by atoms with Gasteiger partial charge in [0.2, 0.25) is 0 Å². The van der Waals surface area contributed by atoms with Crippen molar-refractivity contribution < 1.29 is 9.21 Å². The monoisotopic (exact) mass is 482 g/mol. The maximum atomic E-state index is 13.3. The van der Waals surface area contributed by atoms with Crippen LogP contribution in [0.2, 0.25) is 0 Å². The Kier molecular flexibility index (Phi) is 5.45. The van der Waals surface area contributed by atoms with Crippen molar-refractivity contribution in [3.63, 3.8) is 0 Å². The van der Waals surface area contributed by atoms with Crippen molar-refractivity contribution in [2.24, 2.45) is 0 Å². The first-order valence-corrected chi connectivity index (χ1v) is 12.2. The molecule has 0 saturated carbocycles. The molecule has 2 aromatic carbocycles. The van der Waals surface area contributed by atoms with E-state index in [1.165, 1.54) is 6.07 Å². The average molecular weight is 483 g/mol. The third kappa shape index (κ3) is 3.61. The molecule has 182 valence electrons. The molecular weight excluding hydrogens is 456 g/mol. The predicted octanol–water partition coefficient (Wildman–Crippen LogP) is 3.33. The normalized spacial score (nSPS) is 14.2. The number of carbonyl (C=O) groups excluding carboxylic acids is 1. The number of nitrogens with one attached hydrogen (secondary N) is 1. The number of piperazine rings is 1. The highest BCUT2D eigenvalue weighted by atomic mass is 16.4. The second-order valence-electron chi connectivity index (χ2n) is 9.23. The van der Waals surface area contributed by atoms with Gasteiger partial charge in [-0.2, -0.15) is 0 Å². The molecule has 0 atom stereocenters. The molecule has 1 aliphatic heterocycles. The summed E-state index contributed by atoms with van der Waals surface area (Å²) < 4.78 is 9.16. The molecule has 36 heavy (non-hydrogen) atoms. The fourth-order valence-electron chi connectivity index (χ4n) is 5.28. The fraction of sp³-hybridized carbons (Fsp3) is 0.250. The van der Waals surface area contributed by atoms with E-state index in [0.29, 0.717) is 17.6 Å². The number of aromatic nitrogens is 2. The molecule has 0 unspecified atom stereocenters. The molecule has 1 N–H and O–H groups in total. The van der Waals surface area contributed by atoms with Crippen molar-refractivity contribution in [1.82, 2.24) is 14.3 Å². The standard InChI is InChI=1S/C28H26N4O4/c1-18-14-27(34)36-26-17-24(30-11-7-29-8-12-30)21(16-20(18)26)19-5-6-22-25(15-19)32(10-3-13-33)28(35)23-4-2-9-31(22)23/h2,4-6,9,13-17,29H,3,7-8,10-12H2,1H3. The molecular formula is C28H26N4O4. The van der Waals surface area contributed by atoms with Crippen LogP contribution in [0.4, 0.5) is 5.69 Å². The van der Waals surface area contributed by atoms with E-state index in [-0.39, 0.29) is 17.6 Å². The lowest BCUT2D eigenvalue weighted by atomic mass is 9.98. The Hall–Kier alpha value is -4.17. The molecule has 3 aromatic heterocycles. The maximum Gasteiger partial charge on any atom is 0.336 e. The van der Waals surface area contributed by atoms with E-state index in [1.807, 2.05) is 41.8 Å². The number of hydrogen-bond acceptors (Lipinski definition) is 6. The first-order valence-electron chi connectivity index (χ1n) is 12.2. The summed E-state index contributed by atoms with van der Waals surface area (Å²) in [5.41, 5.74) is 6.13. The van der Waals surface area contributed by atoms with Crippen molar-refractivity contribution in [2.75, 3.05) is 31.1 Å². The number of aldehydes is 1. The van der Waals surface area contributed by atoms with E-state index in [2.05, 4.69) is 22.3 Å². The highest BCUT2D eigenvalue weighted by Gasteiger charge is 2.19. The van der Waals surface area contributed by atoms with Crippen LogP contribution in [0.15, 0.2) is 68.7 Å². The zero-order valence-electron chi connectivity index (χ0n) is 20.0. The molecule has 4 heterocycles. The van der Waals surface area contributed by atoms with Gasteiger partial charge in [-0.15, -0.1) is 0 Å². The number of carbonyl (C=O) groups is 1. The summed E-state index contributed by atoms with van der Waals surface area (Å²) in [4.78, 5) is 38.8. The van der Waals surface area contributed by atoms with Crippen molar-refractivity contribution >= 4 is 39.5 Å². The van der Waals surface area contributed by atoms with E-state index < -0.39 is 0 Å². The first-order chi connectivity index (χ1) is 17.5. The second-order valence-corrected chi connectivity index (χ2v) is 9.23. The number of benzene rings is 2. The second kappa shape index (κ2) is 8.80. The molecule has 1 aliphatic rings. The van der Waals surface area contributed by atoms with Crippen molar-refractivity contribution in [3.05, 3.63) is 81.1 Å². The minimum absolute atomic E-state index is 0.120. The Labute approximate surface area is 206 Å². The van der Waals surface area contributed by atoms with E-state index in [4.69, 9.17) is 4.42 Å². The Morgan fingerprint density at radius 2 is 1.83 bits per heavy atom. The van der Waals surface area contributed by atoms with E-state index in [9.17, 15) is 14.4 Å². The van der Waals surface area contributed by atoms with E-state index in [1.54, 1.807) is 10.6 Å². The maximum absolute atomic E-state index is 13.3. The highest BCUT2D eigenvalue weighted by molar-refractivity contribution is 5.95. The zero-order valence-corrected chi connectivity index (χ0v) is 20.0. The van der Waals surface area contributed by atoms with Gasteiger partial charge in [-0.1, -0.05) is 6.07 Å². The van der Waals surface area contributed by atoms with Crippen LogP contribution in [0.1, 0.15) is 12.0 Å². The predicted molar refractivity (Wildman–Crippen MR) is 141 cm³/mol. The van der Waals surface area contributed by atoms with Gasteiger partial charge < -0.3 is 28.4 Å². The summed E-state index contributed by atoms with van der Waals surface area (Å²) in [5, 5.41) is 4.26. The quantitative estimate of drug-likeness (QED) is 0.305. The number of anilines is 1. The van der Waals surface area contributed by atoms with Crippen LogP contribution < -0.4 is 21.4 Å². The van der Waals surface area contributed by atoms with Gasteiger partial charge in [0, 0.05) is 74.1 Å². The largest absolute Gasteiger partial charge is 0.423 e. The highest BCUT2D eigenvalue weighted by Crippen LogP contribution is 2.37. The topological polar surface area (TPSA) is 89.0 Å². The van der Waals surface area contributed by atoms with Gasteiger partial charge in [-0.3, -0.25) is 4.79 Å². The summed E-state index contributed by atoms with van der Waals surface area (Å²) in [5.74, 6) is 0. The molecule has 6 rings (SSSR count). The summed E-state index contributed by atoms with van der Waals surface area (Å²) in [6.45, 7) is 5.62. The summed E-state index contributed by atoms with van der Waals surface area (Å²) in [7, 11) is 0. The van der Waals surface area contributed by atoms with E-state index >= 15 is 0 Å². The van der Waals surface area contributed by atoms with Crippen molar-refractivity contribution in [1.29, 1.82) is 0 Å². The van der Waals surface area contributed by atoms with Crippen molar-refractivity contribution in [3.8, 4) is 11.1 Å². The zero-order chi connectivity index (χ0) is 24.8. The Morgan fingerprint density at radius 1 is 1.00 bits per heavy atom. The molecule has 1 saturated heterocycles. The van der Waals surface area contributed by atoms with Gasteiger partial charge in [0.1, 0.15) is 17.4 Å². The molecule has 1 fully saturated rings. The lowest BCUT2D eigenvalue weighted by Crippen LogP contribution is -2.43. The van der Waals surface area contributed by atoms with Gasteiger partial charge in [-0.05, 0) is 48.4 Å². The van der Waals surface area contributed by atoms with Gasteiger partial charge in [0.25, 0.3) is 5.56 Å². The molecule has 0 amide bonds. The lowest BCUT2D eigenvalue weighted by molar-refractivity contribution is -0.108. The Balaban J connectivity index is 1.64. The summed E-state index contributed by atoms with van der Waals surface area (Å²) in [6, 6.07) is 15.3. The van der Waals surface area contributed by atoms with Crippen LogP contribution in [-0.2, 0) is 11.3 Å². The SMILES string of the molecule is Cc1cc(=O)oc2cc(N3CCNCC3)c(-c3ccc4c(c3)n(CCC=O)c(=O)c3cccn34)cc12. The van der Waals surface area contributed by atoms with Crippen LogP contribution in [-0.4, -0.2) is 41.4 Å². The molecule has 0 radical (unpaired) electrons. The number of fused-ring (bicyclic) bond motifs is 4. The molecule has 5 aromatic rings. The van der Waals surface area contributed by atoms with E-state index in [0.717, 1.165) is 71.3 Å². The van der Waals surface area contributed by atoms with Crippen LogP contribution in [0.5, 0.6) is 0 Å². The van der Waals surface area contributed by atoms with Crippen LogP contribution in [0, 0.1) is 6.92 Å². The lowest BCUT2D eigenvalue weighted by Gasteiger charge is -2.31. The number of nitrogens with zero attached hydrogens (tertiary/aromatic N) is 3. The van der Waals surface area contributed by atoms with Gasteiger partial charge in [-0.25, -0.2) is 4.79 Å². The summed E-state index contributed by atoms with van der Waals surface area (Å²) >= 11 is 0. The van der Waals surface area contributed by atoms with Gasteiger partial charge >= 0.3 is 5.63 Å². The minimum Gasteiger partial charge on any atom is -0.423 e. The molecule has 0 aliphatic carbocycles. The van der Waals surface area contributed by atoms with Crippen LogP contribution >= 0.6 is 0 Å². The smallest absolute Gasteiger partial charge is 0.336 e. The summed E-state index contributed by atoms with van der Waals surface area (Å²) in [6.07, 6.45) is 2.99. The Bertz CT molecular complexity index is 1760. The third-order valence-electron chi connectivity index (χ3n) is 7.05. The third-order valence-corrected chi connectivity index (χ3v) is 7.05. The minimum atomic E-state index is -0.361. The fourth-order valence-corrected chi connectivity index (χ4v) is 5.28. The Morgan fingerprint density at radius 3 is 2.64 bits per heavy atom. The van der Waals surface area contributed by atoms with Crippen molar-refractivity contribution in [2.45, 2.75) is 19.9 Å². The van der Waals surface area contributed by atoms with Gasteiger partial charge in [0.15, 0.2) is 0 Å². The molecule has 8 heteroatoms. The number of hydrogen-bond donors (Lipinski definition) is 1. The van der Waals surface area contributed by atoms with Crippen LogP contribution in [0.3, 0.4) is 0 Å². The molecule has 8 nitrogen and oxygen atoms in total. The number of aryl methyl sites for hydroxylation is 2. The van der Waals surface area contributed by atoms with Gasteiger partial charge in [0.05, 0.1) is 11.0 Å². The first kappa shape index (κ1) is 22.3.